The van der Waals surface area contributed by atoms with Crippen molar-refractivity contribution in [2.75, 3.05) is 56.3 Å². The molecule has 56 heavy (non-hydrogen) atoms. The number of aromatic nitrogens is 3. The van der Waals surface area contributed by atoms with Crippen molar-refractivity contribution in [3.63, 3.8) is 0 Å². The molecule has 0 fully saturated rings. The van der Waals surface area contributed by atoms with Gasteiger partial charge in [0.2, 0.25) is 6.41 Å². The molecule has 3 heterocycles. The van der Waals surface area contributed by atoms with Gasteiger partial charge in [-0.3, -0.25) is 19.2 Å². The lowest BCUT2D eigenvalue weighted by Crippen LogP contribution is -2.28. The number of alkyl carbamates (subject to hydrolysis) is 1. The van der Waals surface area contributed by atoms with E-state index in [9.17, 15) is 24.0 Å². The summed E-state index contributed by atoms with van der Waals surface area (Å²) in [4.78, 5) is 65.6. The van der Waals surface area contributed by atoms with Crippen LogP contribution in [-0.4, -0.2) is 89.2 Å². The van der Waals surface area contributed by atoms with Gasteiger partial charge in [-0.2, -0.15) is 0 Å². The fourth-order valence-electron chi connectivity index (χ4n) is 6.92. The molecule has 6 rings (SSSR count). The number of hydrogen-bond acceptors (Lipinski definition) is 7. The molecule has 5 amide bonds. The monoisotopic (exact) mass is 761 g/mol. The maximum atomic E-state index is 13.7. The lowest BCUT2D eigenvalue weighted by Gasteiger charge is -2.15. The maximum Gasteiger partial charge on any atom is 0.407 e. The number of hydrogen-bond donors (Lipinski definition) is 5. The number of fused-ring (bicyclic) bond motifs is 3. The Hall–Kier alpha value is -6.61. The van der Waals surface area contributed by atoms with E-state index in [1.165, 1.54) is 6.07 Å². The zero-order valence-electron chi connectivity index (χ0n) is 31.9. The number of benzene rings is 2. The molecule has 0 aliphatic heterocycles. The van der Waals surface area contributed by atoms with Gasteiger partial charge in [-0.15, -0.1) is 0 Å². The normalized spacial score (nSPS) is 11.8. The minimum absolute atomic E-state index is 0.0608. The molecular formula is C41H47N9O6. The molecule has 5 aromatic rings. The van der Waals surface area contributed by atoms with E-state index in [1.54, 1.807) is 58.5 Å². The Balaban J connectivity index is 1.10. The molecule has 0 radical (unpaired) electrons. The van der Waals surface area contributed by atoms with E-state index < -0.39 is 17.9 Å². The lowest BCUT2D eigenvalue weighted by molar-refractivity contribution is -0.105. The molecule has 1 aliphatic rings. The summed E-state index contributed by atoms with van der Waals surface area (Å²) in [6, 6.07) is 21.0. The Morgan fingerprint density at radius 3 is 1.93 bits per heavy atom. The van der Waals surface area contributed by atoms with E-state index in [-0.39, 0.29) is 36.4 Å². The summed E-state index contributed by atoms with van der Waals surface area (Å²) in [7, 11) is 7.35. The first-order chi connectivity index (χ1) is 27.0. The number of anilines is 3. The van der Waals surface area contributed by atoms with Crippen LogP contribution in [0, 0.1) is 0 Å². The van der Waals surface area contributed by atoms with Crippen LogP contribution in [0.15, 0.2) is 85.3 Å². The Kier molecular flexibility index (Phi) is 12.3. The zero-order valence-corrected chi connectivity index (χ0v) is 31.9. The first-order valence-electron chi connectivity index (χ1n) is 18.4. The molecule has 15 nitrogen and oxygen atoms in total. The van der Waals surface area contributed by atoms with Crippen LogP contribution in [0.5, 0.6) is 0 Å². The van der Waals surface area contributed by atoms with Crippen molar-refractivity contribution in [2.24, 2.45) is 14.1 Å². The van der Waals surface area contributed by atoms with Crippen LogP contribution >= 0.6 is 0 Å². The average molecular weight is 762 g/mol. The van der Waals surface area contributed by atoms with E-state index in [4.69, 9.17) is 4.74 Å². The maximum absolute atomic E-state index is 13.7. The number of carbonyl (C=O) groups is 5. The average Bonchev–Trinajstić information content (AvgIpc) is 3.94. The van der Waals surface area contributed by atoms with Crippen LogP contribution in [0.3, 0.4) is 0 Å². The second-order valence-electron chi connectivity index (χ2n) is 13.9. The van der Waals surface area contributed by atoms with Crippen molar-refractivity contribution < 1.29 is 28.7 Å². The van der Waals surface area contributed by atoms with Crippen molar-refractivity contribution in [3.8, 4) is 11.1 Å². The Bertz CT molecular complexity index is 2190. The topological polar surface area (TPSA) is 173 Å². The van der Waals surface area contributed by atoms with Crippen LogP contribution in [-0.2, 0) is 30.2 Å². The SMILES string of the molecule is CN(C)CCCNC(=O)c1cc(NC(=O)c2cc(NC(=O)c3cc(NC=O)cn3C)cn2CCCNC(=O)OCC2c3ccccc3-c3ccccc32)cn1C. The molecule has 5 N–H and O–H groups in total. The van der Waals surface area contributed by atoms with E-state index in [1.807, 2.05) is 43.3 Å². The summed E-state index contributed by atoms with van der Waals surface area (Å²) in [5.41, 5.74) is 6.70. The molecule has 3 aromatic heterocycles. The van der Waals surface area contributed by atoms with Gasteiger partial charge >= 0.3 is 6.09 Å². The van der Waals surface area contributed by atoms with E-state index in [0.29, 0.717) is 48.7 Å². The fraction of sp³-hybridized carbons (Fsp3) is 0.293. The minimum atomic E-state index is -0.544. The number of aryl methyl sites for hydroxylation is 3. The fourth-order valence-corrected chi connectivity index (χ4v) is 6.92. The second kappa shape index (κ2) is 17.7. The summed E-state index contributed by atoms with van der Waals surface area (Å²) in [6.45, 7) is 2.12. The number of nitrogens with zero attached hydrogens (tertiary/aromatic N) is 4. The molecule has 292 valence electrons. The highest BCUT2D eigenvalue weighted by Gasteiger charge is 2.29. The van der Waals surface area contributed by atoms with Crippen molar-refractivity contribution in [1.29, 1.82) is 0 Å². The molecular weight excluding hydrogens is 715 g/mol. The van der Waals surface area contributed by atoms with Gasteiger partial charge in [0.25, 0.3) is 17.7 Å². The molecule has 0 bridgehead atoms. The van der Waals surface area contributed by atoms with Gasteiger partial charge in [-0.05, 0) is 73.9 Å². The predicted molar refractivity (Wildman–Crippen MR) is 214 cm³/mol. The lowest BCUT2D eigenvalue weighted by atomic mass is 9.98. The van der Waals surface area contributed by atoms with Crippen LogP contribution in [0.2, 0.25) is 0 Å². The van der Waals surface area contributed by atoms with Gasteiger partial charge < -0.3 is 49.9 Å². The summed E-state index contributed by atoms with van der Waals surface area (Å²) in [6.07, 6.45) is 6.12. The van der Waals surface area contributed by atoms with Crippen LogP contribution in [0.4, 0.5) is 21.9 Å². The molecule has 15 heteroatoms. The Morgan fingerprint density at radius 2 is 1.27 bits per heavy atom. The van der Waals surface area contributed by atoms with Crippen LogP contribution < -0.4 is 26.6 Å². The van der Waals surface area contributed by atoms with Crippen LogP contribution in [0.25, 0.3) is 11.1 Å². The number of nitrogens with one attached hydrogen (secondary N) is 5. The molecule has 0 saturated carbocycles. The number of ether oxygens (including phenoxy) is 1. The number of rotatable bonds is 17. The van der Waals surface area contributed by atoms with Crippen molar-refractivity contribution in [2.45, 2.75) is 25.3 Å². The van der Waals surface area contributed by atoms with Gasteiger partial charge in [0, 0.05) is 58.2 Å². The zero-order chi connectivity index (χ0) is 39.8. The largest absolute Gasteiger partial charge is 0.449 e. The quantitative estimate of drug-likeness (QED) is 0.0666. The minimum Gasteiger partial charge on any atom is -0.449 e. The Morgan fingerprint density at radius 1 is 0.714 bits per heavy atom. The van der Waals surface area contributed by atoms with E-state index in [0.717, 1.165) is 35.2 Å². The summed E-state index contributed by atoms with van der Waals surface area (Å²) < 4.78 is 10.6. The highest BCUT2D eigenvalue weighted by molar-refractivity contribution is 6.07. The highest BCUT2D eigenvalue weighted by atomic mass is 16.5. The third kappa shape index (κ3) is 9.18. The van der Waals surface area contributed by atoms with Gasteiger partial charge in [-0.1, -0.05) is 48.5 Å². The predicted octanol–water partition coefficient (Wildman–Crippen LogP) is 4.85. The number of amides is 5. The highest BCUT2D eigenvalue weighted by Crippen LogP contribution is 2.44. The van der Waals surface area contributed by atoms with Crippen molar-refractivity contribution in [3.05, 3.63) is 114 Å². The summed E-state index contributed by atoms with van der Waals surface area (Å²) in [5, 5.41) is 14.0. The van der Waals surface area contributed by atoms with Gasteiger partial charge in [0.15, 0.2) is 0 Å². The second-order valence-corrected chi connectivity index (χ2v) is 13.9. The van der Waals surface area contributed by atoms with Gasteiger partial charge in [0.05, 0.1) is 17.1 Å². The molecule has 0 spiro atoms. The first-order valence-corrected chi connectivity index (χ1v) is 18.4. The summed E-state index contributed by atoms with van der Waals surface area (Å²) in [5.74, 6) is -1.22. The summed E-state index contributed by atoms with van der Waals surface area (Å²) >= 11 is 0. The Labute approximate surface area is 325 Å². The van der Waals surface area contributed by atoms with Gasteiger partial charge in [-0.25, -0.2) is 4.79 Å². The molecule has 0 saturated heterocycles. The van der Waals surface area contributed by atoms with Crippen LogP contribution in [0.1, 0.15) is 61.4 Å². The third-order valence-corrected chi connectivity index (χ3v) is 9.60. The first kappa shape index (κ1) is 39.1. The van der Waals surface area contributed by atoms with E-state index in [2.05, 4.69) is 50.8 Å². The standard InChI is InChI=1S/C41H47N9O6/c1-47(2)17-9-15-42-38(52)35-20-28(23-49(35)4)45-40(54)37-21-29(46-39(53)36-19-27(44-26-51)22-48(36)3)24-50(37)18-10-16-43-41(55)56-25-34-32-13-7-5-11-30(32)31-12-6-8-14-33(31)34/h5-8,11-14,19-24,26,34H,9-10,15-18,25H2,1-4H3,(H,42,52)(H,43,55)(H,44,51)(H,45,54)(H,46,53). The molecule has 0 unspecified atom stereocenters. The van der Waals surface area contributed by atoms with Crippen molar-refractivity contribution in [1.82, 2.24) is 29.2 Å². The number of carbonyl (C=O) groups excluding carboxylic acids is 5. The smallest absolute Gasteiger partial charge is 0.407 e. The van der Waals surface area contributed by atoms with Gasteiger partial charge in [0.1, 0.15) is 23.7 Å². The molecule has 0 atom stereocenters. The third-order valence-electron chi connectivity index (χ3n) is 9.60. The molecule has 2 aromatic carbocycles. The van der Waals surface area contributed by atoms with Crippen molar-refractivity contribution >= 4 is 47.3 Å². The molecule has 1 aliphatic carbocycles. The van der Waals surface area contributed by atoms with E-state index >= 15 is 0 Å².